The molecule has 5 nitrogen and oxygen atoms in total. The number of carbonyl (C=O) groups excluding carboxylic acids is 1. The van der Waals surface area contributed by atoms with E-state index in [4.69, 9.17) is 5.73 Å². The molecule has 4 N–H and O–H groups in total. The van der Waals surface area contributed by atoms with Gasteiger partial charge in [0.2, 0.25) is 0 Å². The van der Waals surface area contributed by atoms with Crippen LogP contribution < -0.4 is 16.4 Å². The molecule has 118 valence electrons. The zero-order valence-corrected chi connectivity index (χ0v) is 13.6. The van der Waals surface area contributed by atoms with Crippen LogP contribution in [0.5, 0.6) is 0 Å². The number of nitrogens with one attached hydrogen (secondary N) is 2. The van der Waals surface area contributed by atoms with Crippen LogP contribution in [0, 0.1) is 5.92 Å². The average molecular weight is 310 g/mol. The monoisotopic (exact) mass is 310 g/mol. The Morgan fingerprint density at radius 3 is 2.86 bits per heavy atom. The summed E-state index contributed by atoms with van der Waals surface area (Å²) in [6.07, 6.45) is 8.77. The molecule has 0 spiro atoms. The SMILES string of the molecule is CCCNc1nc(N)c(C(=O)NCCCC2CCCC2)s1. The highest BCUT2D eigenvalue weighted by molar-refractivity contribution is 7.18. The first-order valence-corrected chi connectivity index (χ1v) is 8.80. The first-order chi connectivity index (χ1) is 10.2. The summed E-state index contributed by atoms with van der Waals surface area (Å²) < 4.78 is 0. The maximum atomic E-state index is 12.1. The summed E-state index contributed by atoms with van der Waals surface area (Å²) in [5, 5.41) is 6.85. The molecule has 1 aliphatic carbocycles. The molecular formula is C15H26N4OS. The number of hydrogen-bond acceptors (Lipinski definition) is 5. The zero-order valence-electron chi connectivity index (χ0n) is 12.8. The van der Waals surface area contributed by atoms with E-state index in [1.165, 1.54) is 43.4 Å². The summed E-state index contributed by atoms with van der Waals surface area (Å²) in [7, 11) is 0. The van der Waals surface area contributed by atoms with Crippen LogP contribution in [0.2, 0.25) is 0 Å². The summed E-state index contributed by atoms with van der Waals surface area (Å²) in [6.45, 7) is 3.65. The lowest BCUT2D eigenvalue weighted by Gasteiger charge is -2.08. The van der Waals surface area contributed by atoms with Gasteiger partial charge in [0.05, 0.1) is 0 Å². The van der Waals surface area contributed by atoms with Crippen LogP contribution >= 0.6 is 11.3 Å². The summed E-state index contributed by atoms with van der Waals surface area (Å²) >= 11 is 1.33. The molecule has 1 saturated carbocycles. The van der Waals surface area contributed by atoms with Crippen molar-refractivity contribution >= 4 is 28.2 Å². The minimum Gasteiger partial charge on any atom is -0.382 e. The Morgan fingerprint density at radius 2 is 2.14 bits per heavy atom. The van der Waals surface area contributed by atoms with Crippen LogP contribution in [0.1, 0.15) is 61.5 Å². The number of anilines is 2. The van der Waals surface area contributed by atoms with E-state index in [1.54, 1.807) is 0 Å². The van der Waals surface area contributed by atoms with Gasteiger partial charge in [0, 0.05) is 13.1 Å². The maximum absolute atomic E-state index is 12.1. The molecule has 0 unspecified atom stereocenters. The van der Waals surface area contributed by atoms with Crippen LogP contribution in [-0.2, 0) is 0 Å². The number of hydrogen-bond donors (Lipinski definition) is 3. The fraction of sp³-hybridized carbons (Fsp3) is 0.733. The van der Waals surface area contributed by atoms with Gasteiger partial charge in [-0.15, -0.1) is 0 Å². The number of rotatable bonds is 8. The number of nitrogen functional groups attached to an aromatic ring is 1. The quantitative estimate of drug-likeness (QED) is 0.644. The summed E-state index contributed by atoms with van der Waals surface area (Å²) in [5.41, 5.74) is 5.82. The second-order valence-electron chi connectivity index (χ2n) is 5.71. The molecule has 1 aliphatic rings. The number of nitrogens with zero attached hydrogens (tertiary/aromatic N) is 1. The highest BCUT2D eigenvalue weighted by Crippen LogP contribution is 2.28. The first kappa shape index (κ1) is 16.1. The van der Waals surface area contributed by atoms with Gasteiger partial charge in [0.25, 0.3) is 5.91 Å². The Hall–Kier alpha value is -1.30. The second kappa shape index (κ2) is 8.22. The van der Waals surface area contributed by atoms with Gasteiger partial charge >= 0.3 is 0 Å². The second-order valence-corrected chi connectivity index (χ2v) is 6.71. The Labute approximate surface area is 130 Å². The van der Waals surface area contributed by atoms with E-state index in [1.807, 2.05) is 0 Å². The minimum atomic E-state index is -0.0963. The van der Waals surface area contributed by atoms with Crippen molar-refractivity contribution in [3.8, 4) is 0 Å². The molecule has 2 rings (SSSR count). The van der Waals surface area contributed by atoms with Crippen LogP contribution in [0.25, 0.3) is 0 Å². The van der Waals surface area contributed by atoms with Gasteiger partial charge in [-0.05, 0) is 25.2 Å². The van der Waals surface area contributed by atoms with E-state index in [-0.39, 0.29) is 5.91 Å². The standard InChI is InChI=1S/C15H26N4OS/c1-2-9-18-15-19-13(16)12(21-15)14(20)17-10-5-8-11-6-3-4-7-11/h11H,2-10,16H2,1H3,(H,17,20)(H,18,19). The third-order valence-electron chi connectivity index (χ3n) is 3.94. The van der Waals surface area contributed by atoms with Gasteiger partial charge in [-0.3, -0.25) is 4.79 Å². The molecule has 0 aromatic carbocycles. The molecule has 0 atom stereocenters. The van der Waals surface area contributed by atoms with Crippen LogP contribution in [0.3, 0.4) is 0 Å². The van der Waals surface area contributed by atoms with Crippen LogP contribution in [0.15, 0.2) is 0 Å². The highest BCUT2D eigenvalue weighted by Gasteiger charge is 2.17. The largest absolute Gasteiger partial charge is 0.382 e. The molecule has 0 radical (unpaired) electrons. The molecule has 1 aromatic rings. The fourth-order valence-corrected chi connectivity index (χ4v) is 3.60. The van der Waals surface area contributed by atoms with Crippen molar-refractivity contribution in [1.29, 1.82) is 0 Å². The number of nitrogens with two attached hydrogens (primary N) is 1. The molecule has 0 saturated heterocycles. The van der Waals surface area contributed by atoms with Gasteiger partial charge in [-0.25, -0.2) is 4.98 Å². The Bertz CT molecular complexity index is 455. The smallest absolute Gasteiger partial charge is 0.265 e. The number of thiazole rings is 1. The molecule has 21 heavy (non-hydrogen) atoms. The molecule has 1 fully saturated rings. The van der Waals surface area contributed by atoms with Crippen LogP contribution in [0.4, 0.5) is 10.9 Å². The predicted molar refractivity (Wildman–Crippen MR) is 88.8 cm³/mol. The Morgan fingerprint density at radius 1 is 1.38 bits per heavy atom. The van der Waals surface area contributed by atoms with Gasteiger partial charge < -0.3 is 16.4 Å². The normalized spacial score (nSPS) is 15.3. The number of amides is 1. The van der Waals surface area contributed by atoms with E-state index in [0.717, 1.165) is 37.0 Å². The van der Waals surface area contributed by atoms with E-state index in [0.29, 0.717) is 10.7 Å². The van der Waals surface area contributed by atoms with Crippen molar-refractivity contribution < 1.29 is 4.79 Å². The van der Waals surface area contributed by atoms with Crippen molar-refractivity contribution in [2.45, 2.75) is 51.9 Å². The van der Waals surface area contributed by atoms with Gasteiger partial charge in [-0.2, -0.15) is 0 Å². The molecule has 6 heteroatoms. The topological polar surface area (TPSA) is 80.0 Å². The van der Waals surface area contributed by atoms with E-state index in [9.17, 15) is 4.79 Å². The third-order valence-corrected chi connectivity index (χ3v) is 4.96. The zero-order chi connectivity index (χ0) is 15.1. The lowest BCUT2D eigenvalue weighted by molar-refractivity contribution is 0.0957. The predicted octanol–water partition coefficient (Wildman–Crippen LogP) is 3.25. The highest BCUT2D eigenvalue weighted by atomic mass is 32.1. The maximum Gasteiger partial charge on any atom is 0.265 e. The molecule has 1 amide bonds. The lowest BCUT2D eigenvalue weighted by Crippen LogP contribution is -2.24. The summed E-state index contributed by atoms with van der Waals surface area (Å²) in [4.78, 5) is 16.8. The fourth-order valence-electron chi connectivity index (χ4n) is 2.77. The van der Waals surface area contributed by atoms with Crippen molar-refractivity contribution in [2.75, 3.05) is 24.1 Å². The number of carbonyl (C=O) groups is 1. The molecule has 0 bridgehead atoms. The number of aromatic nitrogens is 1. The van der Waals surface area contributed by atoms with Crippen LogP contribution in [-0.4, -0.2) is 24.0 Å². The first-order valence-electron chi connectivity index (χ1n) is 7.99. The van der Waals surface area contributed by atoms with Gasteiger partial charge in [-0.1, -0.05) is 43.9 Å². The van der Waals surface area contributed by atoms with E-state index < -0.39 is 0 Å². The van der Waals surface area contributed by atoms with Gasteiger partial charge in [0.1, 0.15) is 10.7 Å². The molecule has 1 aromatic heterocycles. The Balaban J connectivity index is 1.73. The lowest BCUT2D eigenvalue weighted by atomic mass is 10.0. The van der Waals surface area contributed by atoms with Crippen molar-refractivity contribution in [1.82, 2.24) is 10.3 Å². The van der Waals surface area contributed by atoms with Gasteiger partial charge in [0.15, 0.2) is 5.13 Å². The summed E-state index contributed by atoms with van der Waals surface area (Å²) in [6, 6.07) is 0. The molecule has 1 heterocycles. The summed E-state index contributed by atoms with van der Waals surface area (Å²) in [5.74, 6) is 1.10. The average Bonchev–Trinajstić information content (AvgIpc) is 3.10. The Kier molecular flexibility index (Phi) is 6.29. The minimum absolute atomic E-state index is 0.0963. The molecular weight excluding hydrogens is 284 g/mol. The van der Waals surface area contributed by atoms with Crippen molar-refractivity contribution in [3.05, 3.63) is 4.88 Å². The molecule has 0 aliphatic heterocycles. The van der Waals surface area contributed by atoms with Crippen molar-refractivity contribution in [3.63, 3.8) is 0 Å². The third kappa shape index (κ3) is 4.88. The van der Waals surface area contributed by atoms with E-state index >= 15 is 0 Å². The van der Waals surface area contributed by atoms with E-state index in [2.05, 4.69) is 22.5 Å². The van der Waals surface area contributed by atoms with Crippen molar-refractivity contribution in [2.24, 2.45) is 5.92 Å².